The van der Waals surface area contributed by atoms with Crippen LogP contribution in [0.25, 0.3) is 10.9 Å². The zero-order valence-electron chi connectivity index (χ0n) is 9.39. The predicted molar refractivity (Wildman–Crippen MR) is 67.0 cm³/mol. The number of hydrogen-bond donors (Lipinski definition) is 1. The molecule has 0 saturated heterocycles. The van der Waals surface area contributed by atoms with Gasteiger partial charge in [0.15, 0.2) is 0 Å². The van der Waals surface area contributed by atoms with Crippen LogP contribution in [0, 0.1) is 12.3 Å². The van der Waals surface area contributed by atoms with Crippen molar-refractivity contribution in [3.8, 4) is 12.3 Å². The standard InChI is InChI=1S/C14H13NO2/c1-2-3-4-8-15-9-7-11-5-6-12(14(16)17)10-13(11)15/h1,5-7,9-10H,3-4,8H2,(H,16,17). The molecule has 0 fully saturated rings. The number of aryl methyl sites for hydroxylation is 1. The van der Waals surface area contributed by atoms with Crippen molar-refractivity contribution < 1.29 is 9.90 Å². The van der Waals surface area contributed by atoms with Crippen LogP contribution in [0.4, 0.5) is 0 Å². The fraction of sp³-hybridized carbons (Fsp3) is 0.214. The molecule has 0 atom stereocenters. The van der Waals surface area contributed by atoms with Gasteiger partial charge in [0.2, 0.25) is 0 Å². The number of carboxylic acid groups (broad SMARTS) is 1. The number of unbranched alkanes of at least 4 members (excludes halogenated alkanes) is 1. The number of aromatic carboxylic acids is 1. The first-order valence-electron chi connectivity index (χ1n) is 5.48. The van der Waals surface area contributed by atoms with E-state index >= 15 is 0 Å². The van der Waals surface area contributed by atoms with Crippen molar-refractivity contribution in [2.24, 2.45) is 0 Å². The molecule has 0 saturated carbocycles. The van der Waals surface area contributed by atoms with Crippen LogP contribution in [0.15, 0.2) is 30.5 Å². The van der Waals surface area contributed by atoms with Crippen molar-refractivity contribution >= 4 is 16.9 Å². The van der Waals surface area contributed by atoms with Gasteiger partial charge in [0.05, 0.1) is 5.56 Å². The van der Waals surface area contributed by atoms with Gasteiger partial charge in [0, 0.05) is 24.7 Å². The van der Waals surface area contributed by atoms with Gasteiger partial charge in [-0.05, 0) is 30.0 Å². The van der Waals surface area contributed by atoms with E-state index < -0.39 is 5.97 Å². The van der Waals surface area contributed by atoms with Crippen molar-refractivity contribution in [3.63, 3.8) is 0 Å². The van der Waals surface area contributed by atoms with Crippen molar-refractivity contribution in [2.45, 2.75) is 19.4 Å². The van der Waals surface area contributed by atoms with Crippen molar-refractivity contribution in [1.29, 1.82) is 0 Å². The Kier molecular flexibility index (Phi) is 3.15. The first kappa shape index (κ1) is 11.3. The lowest BCUT2D eigenvalue weighted by Gasteiger charge is -2.04. The lowest BCUT2D eigenvalue weighted by atomic mass is 10.1. The first-order valence-corrected chi connectivity index (χ1v) is 5.48. The zero-order valence-corrected chi connectivity index (χ0v) is 9.39. The van der Waals surface area contributed by atoms with E-state index in [1.165, 1.54) is 0 Å². The average molecular weight is 227 g/mol. The van der Waals surface area contributed by atoms with E-state index in [4.69, 9.17) is 11.5 Å². The van der Waals surface area contributed by atoms with Crippen LogP contribution in [0.3, 0.4) is 0 Å². The normalized spacial score (nSPS) is 10.3. The molecule has 1 N–H and O–H groups in total. The third-order valence-electron chi connectivity index (χ3n) is 2.74. The van der Waals surface area contributed by atoms with Gasteiger partial charge >= 0.3 is 5.97 Å². The summed E-state index contributed by atoms with van der Waals surface area (Å²) in [5.74, 6) is 1.70. The number of fused-ring (bicyclic) bond motifs is 1. The Labute approximate surface area is 99.7 Å². The van der Waals surface area contributed by atoms with Crippen molar-refractivity contribution in [1.82, 2.24) is 4.57 Å². The molecule has 1 aromatic heterocycles. The summed E-state index contributed by atoms with van der Waals surface area (Å²) in [6, 6.07) is 7.14. The molecule has 1 aromatic carbocycles. The molecule has 3 nitrogen and oxygen atoms in total. The number of benzene rings is 1. The Morgan fingerprint density at radius 1 is 1.41 bits per heavy atom. The van der Waals surface area contributed by atoms with Gasteiger partial charge in [-0.1, -0.05) is 6.07 Å². The summed E-state index contributed by atoms with van der Waals surface area (Å²) in [7, 11) is 0. The minimum Gasteiger partial charge on any atom is -0.478 e. The Morgan fingerprint density at radius 2 is 2.24 bits per heavy atom. The fourth-order valence-electron chi connectivity index (χ4n) is 1.86. The molecule has 0 spiro atoms. The van der Waals surface area contributed by atoms with Gasteiger partial charge in [0.25, 0.3) is 0 Å². The molecule has 17 heavy (non-hydrogen) atoms. The molecule has 0 aliphatic carbocycles. The molecule has 2 rings (SSSR count). The summed E-state index contributed by atoms with van der Waals surface area (Å²) in [6.07, 6.45) is 8.81. The van der Waals surface area contributed by atoms with Crippen LogP contribution in [0.5, 0.6) is 0 Å². The second-order valence-electron chi connectivity index (χ2n) is 3.90. The molecule has 86 valence electrons. The third-order valence-corrected chi connectivity index (χ3v) is 2.74. The summed E-state index contributed by atoms with van der Waals surface area (Å²) in [4.78, 5) is 10.9. The summed E-state index contributed by atoms with van der Waals surface area (Å²) in [5.41, 5.74) is 1.26. The monoisotopic (exact) mass is 227 g/mol. The molecule has 0 bridgehead atoms. The Hall–Kier alpha value is -2.21. The Bertz CT molecular complexity index is 590. The molecule has 1 heterocycles. The summed E-state index contributed by atoms with van der Waals surface area (Å²) < 4.78 is 2.04. The SMILES string of the molecule is C#CCCCn1ccc2ccc(C(=O)O)cc21. The number of aromatic nitrogens is 1. The summed E-state index contributed by atoms with van der Waals surface area (Å²) in [5, 5.41) is 10.0. The van der Waals surface area contributed by atoms with Gasteiger partial charge in [-0.2, -0.15) is 0 Å². The predicted octanol–water partition coefficient (Wildman–Crippen LogP) is 2.75. The highest BCUT2D eigenvalue weighted by Crippen LogP contribution is 2.18. The van der Waals surface area contributed by atoms with Gasteiger partial charge in [-0.25, -0.2) is 4.79 Å². The van der Waals surface area contributed by atoms with Crippen LogP contribution in [-0.2, 0) is 6.54 Å². The maximum atomic E-state index is 10.9. The van der Waals surface area contributed by atoms with E-state index in [1.807, 2.05) is 22.9 Å². The summed E-state index contributed by atoms with van der Waals surface area (Å²) >= 11 is 0. The Balaban J connectivity index is 2.33. The van der Waals surface area contributed by atoms with Crippen LogP contribution in [-0.4, -0.2) is 15.6 Å². The van der Waals surface area contributed by atoms with Gasteiger partial charge in [-0.3, -0.25) is 0 Å². The second kappa shape index (κ2) is 4.75. The maximum absolute atomic E-state index is 10.9. The molecule has 0 aliphatic heterocycles. The van der Waals surface area contributed by atoms with Crippen LogP contribution < -0.4 is 0 Å². The number of carbonyl (C=O) groups is 1. The lowest BCUT2D eigenvalue weighted by Crippen LogP contribution is -1.99. The van der Waals surface area contributed by atoms with Crippen molar-refractivity contribution in [2.75, 3.05) is 0 Å². The molecule has 3 heteroatoms. The molecule has 0 radical (unpaired) electrons. The number of nitrogens with zero attached hydrogens (tertiary/aromatic N) is 1. The minimum absolute atomic E-state index is 0.314. The van der Waals surface area contributed by atoms with E-state index in [1.54, 1.807) is 12.1 Å². The quantitative estimate of drug-likeness (QED) is 0.644. The minimum atomic E-state index is -0.900. The molecule has 0 unspecified atom stereocenters. The lowest BCUT2D eigenvalue weighted by molar-refractivity contribution is 0.0697. The highest BCUT2D eigenvalue weighted by molar-refractivity contribution is 5.93. The molecular formula is C14H13NO2. The number of rotatable bonds is 4. The molecular weight excluding hydrogens is 214 g/mol. The largest absolute Gasteiger partial charge is 0.478 e. The fourth-order valence-corrected chi connectivity index (χ4v) is 1.86. The third kappa shape index (κ3) is 2.31. The number of terminal acetylenes is 1. The Morgan fingerprint density at radius 3 is 2.94 bits per heavy atom. The van der Waals surface area contributed by atoms with E-state index in [2.05, 4.69) is 5.92 Å². The first-order chi connectivity index (χ1) is 8.22. The van der Waals surface area contributed by atoms with E-state index in [0.717, 1.165) is 30.3 Å². The maximum Gasteiger partial charge on any atom is 0.335 e. The van der Waals surface area contributed by atoms with Gasteiger partial charge in [-0.15, -0.1) is 12.3 Å². The van der Waals surface area contributed by atoms with E-state index in [0.29, 0.717) is 5.56 Å². The number of hydrogen-bond acceptors (Lipinski definition) is 1. The summed E-state index contributed by atoms with van der Waals surface area (Å²) in [6.45, 7) is 0.816. The molecule has 0 aliphatic rings. The topological polar surface area (TPSA) is 42.2 Å². The molecule has 2 aromatic rings. The van der Waals surface area contributed by atoms with E-state index in [-0.39, 0.29) is 0 Å². The van der Waals surface area contributed by atoms with E-state index in [9.17, 15) is 4.79 Å². The van der Waals surface area contributed by atoms with Crippen molar-refractivity contribution in [3.05, 3.63) is 36.0 Å². The van der Waals surface area contributed by atoms with Crippen LogP contribution >= 0.6 is 0 Å². The number of carboxylic acids is 1. The zero-order chi connectivity index (χ0) is 12.3. The van der Waals surface area contributed by atoms with Gasteiger partial charge in [0.1, 0.15) is 0 Å². The van der Waals surface area contributed by atoms with Gasteiger partial charge < -0.3 is 9.67 Å². The molecule has 0 amide bonds. The second-order valence-corrected chi connectivity index (χ2v) is 3.90. The van der Waals surface area contributed by atoms with Crippen LogP contribution in [0.1, 0.15) is 23.2 Å². The highest BCUT2D eigenvalue weighted by Gasteiger charge is 2.06. The van der Waals surface area contributed by atoms with Crippen LogP contribution in [0.2, 0.25) is 0 Å². The average Bonchev–Trinajstić information content (AvgIpc) is 2.72. The highest BCUT2D eigenvalue weighted by atomic mass is 16.4. The smallest absolute Gasteiger partial charge is 0.335 e.